The third-order valence-electron chi connectivity index (χ3n) is 3.76. The summed E-state index contributed by atoms with van der Waals surface area (Å²) in [5.41, 5.74) is 2.12. The summed E-state index contributed by atoms with van der Waals surface area (Å²) in [5, 5.41) is 4.08. The number of hydrogen-bond acceptors (Lipinski definition) is 3. The first-order valence-electron chi connectivity index (χ1n) is 7.77. The standard InChI is InChI=1S/C18H19ClINO2/c19-17-11-16(23-18-3-1-2-10-22-18)9-4-13(17)12-21-15-7-5-14(20)6-8-15/h4-9,11,18,21H,1-3,10,12H2. The molecule has 3 rings (SSSR count). The summed E-state index contributed by atoms with van der Waals surface area (Å²) < 4.78 is 12.6. The van der Waals surface area contributed by atoms with E-state index in [9.17, 15) is 0 Å². The molecule has 0 aliphatic carbocycles. The highest BCUT2D eigenvalue weighted by molar-refractivity contribution is 14.1. The third-order valence-corrected chi connectivity index (χ3v) is 4.83. The zero-order valence-electron chi connectivity index (χ0n) is 12.7. The molecule has 2 aromatic rings. The number of halogens is 2. The average Bonchev–Trinajstić information content (AvgIpc) is 2.57. The first-order valence-corrected chi connectivity index (χ1v) is 9.22. The summed E-state index contributed by atoms with van der Waals surface area (Å²) in [6.45, 7) is 1.45. The fourth-order valence-corrected chi connectivity index (χ4v) is 3.06. The van der Waals surface area contributed by atoms with Crippen molar-refractivity contribution < 1.29 is 9.47 Å². The lowest BCUT2D eigenvalue weighted by Crippen LogP contribution is -2.24. The highest BCUT2D eigenvalue weighted by Gasteiger charge is 2.15. The highest BCUT2D eigenvalue weighted by Crippen LogP contribution is 2.26. The van der Waals surface area contributed by atoms with Gasteiger partial charge in [0.05, 0.1) is 6.61 Å². The summed E-state index contributed by atoms with van der Waals surface area (Å²) >= 11 is 8.67. The zero-order chi connectivity index (χ0) is 16.1. The number of ether oxygens (including phenoxy) is 2. The van der Waals surface area contributed by atoms with Crippen molar-refractivity contribution in [2.75, 3.05) is 11.9 Å². The second kappa shape index (κ2) is 8.22. The lowest BCUT2D eigenvalue weighted by Gasteiger charge is -2.23. The van der Waals surface area contributed by atoms with Gasteiger partial charge in [-0.1, -0.05) is 17.7 Å². The fourth-order valence-electron chi connectivity index (χ4n) is 2.47. The van der Waals surface area contributed by atoms with Crippen LogP contribution in [0.15, 0.2) is 42.5 Å². The van der Waals surface area contributed by atoms with Crippen LogP contribution in [0, 0.1) is 3.57 Å². The minimum absolute atomic E-state index is 0.143. The first kappa shape index (κ1) is 16.9. The van der Waals surface area contributed by atoms with Crippen molar-refractivity contribution >= 4 is 39.9 Å². The van der Waals surface area contributed by atoms with Gasteiger partial charge in [0, 0.05) is 27.2 Å². The molecule has 1 heterocycles. The van der Waals surface area contributed by atoms with Crippen LogP contribution in [0.25, 0.3) is 0 Å². The SMILES string of the molecule is Clc1cc(OC2CCCCO2)ccc1CNc1ccc(I)cc1. The molecule has 1 aliphatic rings. The molecule has 1 N–H and O–H groups in total. The maximum atomic E-state index is 6.38. The van der Waals surface area contributed by atoms with Gasteiger partial charge in [-0.15, -0.1) is 0 Å². The number of rotatable bonds is 5. The topological polar surface area (TPSA) is 30.5 Å². The second-order valence-corrected chi connectivity index (χ2v) is 7.18. The molecule has 0 radical (unpaired) electrons. The van der Waals surface area contributed by atoms with E-state index >= 15 is 0 Å². The van der Waals surface area contributed by atoms with Crippen LogP contribution in [-0.4, -0.2) is 12.9 Å². The molecule has 23 heavy (non-hydrogen) atoms. The van der Waals surface area contributed by atoms with Crippen molar-refractivity contribution in [3.05, 3.63) is 56.6 Å². The van der Waals surface area contributed by atoms with E-state index in [1.807, 2.05) is 18.2 Å². The Hall–Kier alpha value is -0.980. The predicted molar refractivity (Wildman–Crippen MR) is 102 cm³/mol. The Morgan fingerprint density at radius 1 is 1.17 bits per heavy atom. The van der Waals surface area contributed by atoms with Crippen LogP contribution in [0.4, 0.5) is 5.69 Å². The summed E-state index contributed by atoms with van der Waals surface area (Å²) in [7, 11) is 0. The van der Waals surface area contributed by atoms with Gasteiger partial charge in [0.2, 0.25) is 0 Å². The molecule has 5 heteroatoms. The zero-order valence-corrected chi connectivity index (χ0v) is 15.6. The van der Waals surface area contributed by atoms with E-state index < -0.39 is 0 Å². The van der Waals surface area contributed by atoms with Crippen molar-refractivity contribution in [3.8, 4) is 5.75 Å². The molecule has 1 fully saturated rings. The number of benzene rings is 2. The van der Waals surface area contributed by atoms with E-state index in [0.717, 1.165) is 42.9 Å². The molecule has 3 nitrogen and oxygen atoms in total. The molecule has 2 aromatic carbocycles. The maximum Gasteiger partial charge on any atom is 0.199 e. The summed E-state index contributed by atoms with van der Waals surface area (Å²) in [5.74, 6) is 0.764. The van der Waals surface area contributed by atoms with Crippen LogP contribution >= 0.6 is 34.2 Å². The molecule has 1 atom stereocenters. The molecule has 122 valence electrons. The van der Waals surface area contributed by atoms with Crippen molar-refractivity contribution in [1.29, 1.82) is 0 Å². The lowest BCUT2D eigenvalue weighted by atomic mass is 10.2. The van der Waals surface area contributed by atoms with Gasteiger partial charge >= 0.3 is 0 Å². The third kappa shape index (κ3) is 4.99. The Bertz CT molecular complexity index is 642. The van der Waals surface area contributed by atoms with Crippen molar-refractivity contribution in [1.82, 2.24) is 0 Å². The van der Waals surface area contributed by atoms with Crippen LogP contribution in [0.1, 0.15) is 24.8 Å². The van der Waals surface area contributed by atoms with E-state index in [1.165, 1.54) is 3.57 Å². The van der Waals surface area contributed by atoms with Crippen LogP contribution in [0.5, 0.6) is 5.75 Å². The summed E-state index contributed by atoms with van der Waals surface area (Å²) in [4.78, 5) is 0. The largest absolute Gasteiger partial charge is 0.465 e. The van der Waals surface area contributed by atoms with E-state index in [-0.39, 0.29) is 6.29 Å². The quantitative estimate of drug-likeness (QED) is 0.622. The number of hydrogen-bond donors (Lipinski definition) is 1. The van der Waals surface area contributed by atoms with Crippen molar-refractivity contribution in [3.63, 3.8) is 0 Å². The molecule has 1 saturated heterocycles. The Balaban J connectivity index is 1.58. The Morgan fingerprint density at radius 2 is 2.00 bits per heavy atom. The van der Waals surface area contributed by atoms with Crippen LogP contribution in [0.2, 0.25) is 5.02 Å². The number of anilines is 1. The maximum absolute atomic E-state index is 6.38. The molecule has 0 amide bonds. The number of nitrogens with one attached hydrogen (secondary N) is 1. The minimum atomic E-state index is -0.143. The van der Waals surface area contributed by atoms with E-state index in [0.29, 0.717) is 11.6 Å². The first-order chi connectivity index (χ1) is 11.2. The summed E-state index contributed by atoms with van der Waals surface area (Å²) in [6.07, 6.45) is 3.06. The molecule has 1 unspecified atom stereocenters. The molecular weight excluding hydrogens is 425 g/mol. The van der Waals surface area contributed by atoms with Gasteiger partial charge in [0.25, 0.3) is 0 Å². The van der Waals surface area contributed by atoms with Crippen LogP contribution in [-0.2, 0) is 11.3 Å². The van der Waals surface area contributed by atoms with Gasteiger partial charge < -0.3 is 14.8 Å². The van der Waals surface area contributed by atoms with Gasteiger partial charge in [0.1, 0.15) is 5.75 Å². The molecule has 0 aromatic heterocycles. The molecule has 1 aliphatic heterocycles. The fraction of sp³-hybridized carbons (Fsp3) is 0.333. The summed E-state index contributed by atoms with van der Waals surface area (Å²) in [6, 6.07) is 14.1. The molecule has 0 spiro atoms. The smallest absolute Gasteiger partial charge is 0.199 e. The van der Waals surface area contributed by atoms with Gasteiger partial charge in [-0.2, -0.15) is 0 Å². The van der Waals surface area contributed by atoms with Crippen molar-refractivity contribution in [2.24, 2.45) is 0 Å². The average molecular weight is 444 g/mol. The van der Waals surface area contributed by atoms with Gasteiger partial charge in [0.15, 0.2) is 6.29 Å². The Morgan fingerprint density at radius 3 is 2.70 bits per heavy atom. The van der Waals surface area contributed by atoms with Gasteiger partial charge in [-0.3, -0.25) is 0 Å². The van der Waals surface area contributed by atoms with E-state index in [1.54, 1.807) is 0 Å². The Kier molecular flexibility index (Phi) is 6.02. The van der Waals surface area contributed by atoms with Crippen molar-refractivity contribution in [2.45, 2.75) is 32.1 Å². The van der Waals surface area contributed by atoms with E-state index in [2.05, 4.69) is 52.2 Å². The second-order valence-electron chi connectivity index (χ2n) is 5.53. The molecule has 0 saturated carbocycles. The molecule has 0 bridgehead atoms. The predicted octanol–water partition coefficient (Wildman–Crippen LogP) is 5.46. The van der Waals surface area contributed by atoms with Gasteiger partial charge in [-0.25, -0.2) is 0 Å². The van der Waals surface area contributed by atoms with Crippen LogP contribution in [0.3, 0.4) is 0 Å². The van der Waals surface area contributed by atoms with Gasteiger partial charge in [-0.05, 0) is 77.4 Å². The minimum Gasteiger partial charge on any atom is -0.465 e. The monoisotopic (exact) mass is 443 g/mol. The Labute approximate surface area is 155 Å². The molecular formula is C18H19ClINO2. The lowest BCUT2D eigenvalue weighted by molar-refractivity contribution is -0.105. The highest BCUT2D eigenvalue weighted by atomic mass is 127. The van der Waals surface area contributed by atoms with E-state index in [4.69, 9.17) is 21.1 Å². The normalized spacial score (nSPS) is 17.7. The van der Waals surface area contributed by atoms with Crippen LogP contribution < -0.4 is 10.1 Å².